The molecule has 57 valence electrons. The minimum Gasteiger partial charge on any atom is 0 e. The summed E-state index contributed by atoms with van der Waals surface area (Å²) in [5.74, 6) is 0. The first-order valence-electron chi connectivity index (χ1n) is 0.167. The fourth-order valence-electron chi connectivity index (χ4n) is 0. The van der Waals surface area contributed by atoms with E-state index in [9.17, 15) is 0 Å². The molecule has 0 atom stereocenters. The van der Waals surface area contributed by atoms with Crippen molar-refractivity contribution in [1.29, 1.82) is 0 Å². The average Bonchev–Trinajstić information content (AvgIpc) is 1.00. The van der Waals surface area contributed by atoms with E-state index >= 15 is 0 Å². The van der Waals surface area contributed by atoms with Crippen molar-refractivity contribution >= 4 is 0 Å². The maximum absolute atomic E-state index is 8.33. The van der Waals surface area contributed by atoms with Crippen LogP contribution in [0.5, 0.6) is 0 Å². The van der Waals surface area contributed by atoms with Gasteiger partial charge in [0.05, 0.1) is 0 Å². The minimum absolute atomic E-state index is 0. The van der Waals surface area contributed by atoms with Crippen LogP contribution in [0.2, 0.25) is 0 Å². The van der Waals surface area contributed by atoms with Crippen molar-refractivity contribution in [2.24, 2.45) is 0 Å². The van der Waals surface area contributed by atoms with Gasteiger partial charge in [-0.3, -0.25) is 0 Å². The first kappa shape index (κ1) is 157. The molecule has 0 bridgehead atoms. The second kappa shape index (κ2) is 488. The second-order valence-corrected chi connectivity index (χ2v) is 0. The van der Waals surface area contributed by atoms with Gasteiger partial charge < -0.3 is 27.4 Å². The molecule has 0 aliphatic carbocycles. The molecule has 0 aliphatic rings. The Balaban J connectivity index is -0.000000000333. The number of hydrogen-bond donors (Lipinski definition) is 0. The van der Waals surface area contributed by atoms with Crippen molar-refractivity contribution in [1.82, 2.24) is 0 Å². The van der Waals surface area contributed by atoms with Crippen LogP contribution < -0.4 is 0 Å². The van der Waals surface area contributed by atoms with Crippen LogP contribution in [0.25, 0.3) is 0 Å². The van der Waals surface area contributed by atoms with Crippen LogP contribution in [-0.4, -0.2) is 11.0 Å². The molecule has 8 heavy (non-hydrogen) atoms. The fourth-order valence-corrected chi connectivity index (χ4v) is 0. The second-order valence-electron chi connectivity index (χ2n) is 0. The zero-order valence-corrected chi connectivity index (χ0v) is 7.77. The fraction of sp³-hybridized carbons (Fsp3) is 0. The molecule has 3 N–H and O–H groups in total. The SMILES string of the molecule is O.[O-2].[O-2].[O-2].[OH-].[O]=[W].[V]. The van der Waals surface area contributed by atoms with Crippen molar-refractivity contribution in [3.8, 4) is 0 Å². The van der Waals surface area contributed by atoms with Gasteiger partial charge in [-0.15, -0.1) is 0 Å². The zero-order valence-electron chi connectivity index (χ0n) is 3.44. The van der Waals surface area contributed by atoms with Gasteiger partial charge >= 0.3 is 23.2 Å². The Morgan fingerprint density at radius 1 is 0.875 bits per heavy atom. The van der Waals surface area contributed by atoms with Gasteiger partial charge in [0.25, 0.3) is 0 Å². The summed E-state index contributed by atoms with van der Waals surface area (Å²) in [6.07, 6.45) is 0. The van der Waals surface area contributed by atoms with E-state index in [2.05, 4.69) is 0 Å². The van der Waals surface area contributed by atoms with Crippen LogP contribution in [0, 0.1) is 0 Å². The molecule has 0 fully saturated rings. The van der Waals surface area contributed by atoms with E-state index in [1.165, 1.54) is 0 Å². The molecule has 0 aromatic carbocycles. The topological polar surface area (TPSA) is 164 Å². The molecular weight excluding hydrogens is 331 g/mol. The molecule has 0 amide bonds. The molecule has 0 aliphatic heterocycles. The first-order valence-corrected chi connectivity index (χ1v) is 1.36. The molecular formula is H3O6VW-7. The maximum atomic E-state index is 8.33. The Bertz CT molecular complexity index is 8.49. The third-order valence-electron chi connectivity index (χ3n) is 0. The van der Waals surface area contributed by atoms with Gasteiger partial charge in [-0.2, -0.15) is 0 Å². The Hall–Kier alpha value is 0.873. The number of hydrogen-bond acceptors (Lipinski definition) is 2. The van der Waals surface area contributed by atoms with E-state index in [0.29, 0.717) is 19.8 Å². The molecule has 0 aromatic rings. The van der Waals surface area contributed by atoms with Crippen molar-refractivity contribution in [2.75, 3.05) is 0 Å². The average molecular weight is 334 g/mol. The van der Waals surface area contributed by atoms with Crippen molar-refractivity contribution in [3.05, 3.63) is 0 Å². The van der Waals surface area contributed by atoms with E-state index < -0.39 is 0 Å². The van der Waals surface area contributed by atoms with Crippen LogP contribution in [-0.2, 0) is 58.2 Å². The minimum atomic E-state index is 0. The largest absolute Gasteiger partial charge is 0 e. The summed E-state index contributed by atoms with van der Waals surface area (Å²) in [6, 6.07) is 0. The van der Waals surface area contributed by atoms with Crippen LogP contribution in [0.3, 0.4) is 0 Å². The monoisotopic (exact) mass is 334 g/mol. The Morgan fingerprint density at radius 3 is 0.875 bits per heavy atom. The third kappa shape index (κ3) is 311. The zero-order chi connectivity index (χ0) is 2.00. The summed E-state index contributed by atoms with van der Waals surface area (Å²) >= 11 is 0.333. The number of rotatable bonds is 0. The van der Waals surface area contributed by atoms with Crippen molar-refractivity contribution < 1.29 is 69.1 Å². The molecule has 8 heteroatoms. The molecule has 0 saturated heterocycles. The quantitative estimate of drug-likeness (QED) is 0.528. The Kier molecular flexibility index (Phi) is 9570. The van der Waals surface area contributed by atoms with Crippen LogP contribution in [0.15, 0.2) is 0 Å². The van der Waals surface area contributed by atoms with E-state index in [1.54, 1.807) is 0 Å². The van der Waals surface area contributed by atoms with Crippen LogP contribution in [0.4, 0.5) is 0 Å². The third-order valence-corrected chi connectivity index (χ3v) is 0. The van der Waals surface area contributed by atoms with Gasteiger partial charge in [0.1, 0.15) is 0 Å². The van der Waals surface area contributed by atoms with E-state index in [1.807, 2.05) is 0 Å². The van der Waals surface area contributed by atoms with Crippen LogP contribution >= 0.6 is 0 Å². The Morgan fingerprint density at radius 2 is 0.875 bits per heavy atom. The summed E-state index contributed by atoms with van der Waals surface area (Å²) < 4.78 is 8.33. The molecule has 0 heterocycles. The summed E-state index contributed by atoms with van der Waals surface area (Å²) in [6.45, 7) is 0. The van der Waals surface area contributed by atoms with Gasteiger partial charge in [0.2, 0.25) is 0 Å². The summed E-state index contributed by atoms with van der Waals surface area (Å²) in [7, 11) is 0. The maximum Gasteiger partial charge on any atom is 0 e. The van der Waals surface area contributed by atoms with Gasteiger partial charge in [0.15, 0.2) is 0 Å². The molecule has 6 nitrogen and oxygen atoms in total. The molecule has 0 aromatic heterocycles. The molecule has 0 unspecified atom stereocenters. The first-order chi connectivity index (χ1) is 1.00. The van der Waals surface area contributed by atoms with E-state index in [0.717, 1.165) is 0 Å². The predicted octanol–water partition coefficient (Wildman–Crippen LogP) is -1.48. The van der Waals surface area contributed by atoms with E-state index in [4.69, 9.17) is 3.40 Å². The van der Waals surface area contributed by atoms with Crippen molar-refractivity contribution in [3.63, 3.8) is 0 Å². The van der Waals surface area contributed by atoms with Crippen LogP contribution in [0.1, 0.15) is 0 Å². The summed E-state index contributed by atoms with van der Waals surface area (Å²) in [5, 5.41) is 0. The standard InChI is InChI=1S/2H2O.4O.V.W/h2*1H2;;;;;;/q;;;3*-2;;/p-1. The van der Waals surface area contributed by atoms with E-state index in [-0.39, 0.29) is 45.9 Å². The molecule has 0 spiro atoms. The predicted molar refractivity (Wildman–Crippen MR) is 8.30 cm³/mol. The van der Waals surface area contributed by atoms with Gasteiger partial charge in [-0.05, 0) is 0 Å². The summed E-state index contributed by atoms with van der Waals surface area (Å²) in [5.41, 5.74) is 0. The van der Waals surface area contributed by atoms with Crippen molar-refractivity contribution in [2.45, 2.75) is 0 Å². The smallest absolute Gasteiger partial charge is 0 e. The Labute approximate surface area is 69.3 Å². The molecule has 0 saturated carbocycles. The van der Waals surface area contributed by atoms with Gasteiger partial charge in [-0.25, -0.2) is 0 Å². The summed E-state index contributed by atoms with van der Waals surface area (Å²) in [4.78, 5) is 0. The van der Waals surface area contributed by atoms with Gasteiger partial charge in [0, 0.05) is 18.6 Å². The normalized spacial score (nSPS) is 0.500. The molecule has 1 radical (unpaired) electrons. The van der Waals surface area contributed by atoms with Gasteiger partial charge in [-0.1, -0.05) is 0 Å². The molecule has 0 rings (SSSR count).